The van der Waals surface area contributed by atoms with E-state index in [1.54, 1.807) is 20.8 Å². The molecule has 2 rings (SSSR count). The maximum absolute atomic E-state index is 15.6. The van der Waals surface area contributed by atoms with Crippen LogP contribution in [0.2, 0.25) is 0 Å². The van der Waals surface area contributed by atoms with E-state index >= 15 is 8.78 Å². The maximum atomic E-state index is 15.6. The Morgan fingerprint density at radius 3 is 2.11 bits per heavy atom. The Labute approximate surface area is 222 Å². The lowest BCUT2D eigenvalue weighted by atomic mass is 10.1. The largest absolute Gasteiger partial charge is 0.492 e. The number of thiophene rings is 1. The van der Waals surface area contributed by atoms with E-state index in [9.17, 15) is 22.8 Å². The normalized spacial score (nSPS) is 12.7. The highest BCUT2D eigenvalue weighted by molar-refractivity contribution is 7.48. The fourth-order valence-corrected chi connectivity index (χ4v) is 5.89. The van der Waals surface area contributed by atoms with Gasteiger partial charge in [0.25, 0.3) is 8.38 Å². The zero-order chi connectivity index (χ0) is 28.9. The van der Waals surface area contributed by atoms with Crippen LogP contribution in [0.25, 0.3) is 10.1 Å². The number of benzene rings is 1. The molecule has 2 aromatic rings. The molecule has 1 heterocycles. The van der Waals surface area contributed by atoms with Crippen molar-refractivity contribution in [1.29, 1.82) is 0 Å². The molecule has 1 aromatic heterocycles. The third-order valence-corrected chi connectivity index (χ3v) is 7.79. The topological polar surface area (TPSA) is 80.3 Å². The molecule has 0 radical (unpaired) electrons. The van der Waals surface area contributed by atoms with Crippen molar-refractivity contribution in [3.63, 3.8) is 0 Å². The Bertz CT molecular complexity index is 1120. The minimum atomic E-state index is -5.22. The summed E-state index contributed by atoms with van der Waals surface area (Å²) in [6, 6.07) is 2.01. The smallest absolute Gasteiger partial charge is 0.418 e. The van der Waals surface area contributed by atoms with Crippen LogP contribution in [0.5, 0.6) is 5.75 Å². The number of hydrogen-bond acceptors (Lipinski definition) is 8. The average Bonchev–Trinajstić information content (AvgIpc) is 3.21. The van der Waals surface area contributed by atoms with Crippen molar-refractivity contribution in [1.82, 2.24) is 0 Å². The third kappa shape index (κ3) is 7.97. The molecular weight excluding hydrogens is 558 g/mol. The Hall–Kier alpha value is -2.08. The van der Waals surface area contributed by atoms with Crippen molar-refractivity contribution in [3.8, 4) is 5.75 Å². The van der Waals surface area contributed by atoms with Gasteiger partial charge in [-0.25, -0.2) is 4.79 Å². The monoisotopic (exact) mass is 588 g/mol. The summed E-state index contributed by atoms with van der Waals surface area (Å²) in [5.41, 5.74) is -7.04. The summed E-state index contributed by atoms with van der Waals surface area (Å²) in [6.45, 7) is 7.00. The molecule has 7 nitrogen and oxygen atoms in total. The van der Waals surface area contributed by atoms with Crippen molar-refractivity contribution >= 4 is 41.7 Å². The minimum absolute atomic E-state index is 0.0417. The van der Waals surface area contributed by atoms with E-state index in [4.69, 9.17) is 18.5 Å². The lowest BCUT2D eigenvalue weighted by Crippen LogP contribution is -2.24. The summed E-state index contributed by atoms with van der Waals surface area (Å²) in [5.74, 6) is -1.72. The van der Waals surface area contributed by atoms with Gasteiger partial charge < -0.3 is 23.3 Å². The van der Waals surface area contributed by atoms with Crippen molar-refractivity contribution in [2.24, 2.45) is 0 Å². The van der Waals surface area contributed by atoms with Crippen LogP contribution in [0.15, 0.2) is 12.1 Å². The maximum Gasteiger partial charge on any atom is 0.418 e. The first-order chi connectivity index (χ1) is 17.6. The third-order valence-electron chi connectivity index (χ3n) is 4.68. The van der Waals surface area contributed by atoms with E-state index < -0.39 is 53.6 Å². The molecule has 0 bridgehead atoms. The average molecular weight is 589 g/mol. The molecule has 0 aliphatic heterocycles. The molecule has 0 atom stereocenters. The highest BCUT2D eigenvalue weighted by atomic mass is 32.1. The lowest BCUT2D eigenvalue weighted by molar-refractivity contribution is -0.141. The second-order valence-electron chi connectivity index (χ2n) is 8.82. The van der Waals surface area contributed by atoms with E-state index in [1.165, 1.54) is 21.0 Å². The number of methoxy groups -OCH3 is 1. The second-order valence-corrected chi connectivity index (χ2v) is 11.4. The van der Waals surface area contributed by atoms with Gasteiger partial charge in [0.15, 0.2) is 0 Å². The number of fused-ring (bicyclic) bond motifs is 1. The molecular formula is C24H30F5O7PS. The van der Waals surface area contributed by atoms with E-state index in [1.807, 2.05) is 0 Å². The molecule has 0 aliphatic carbocycles. The van der Waals surface area contributed by atoms with Crippen molar-refractivity contribution in [2.45, 2.75) is 64.9 Å². The first-order valence-electron chi connectivity index (χ1n) is 11.6. The summed E-state index contributed by atoms with van der Waals surface area (Å²) in [6.07, 6.45) is -5.13. The van der Waals surface area contributed by atoms with Gasteiger partial charge in [0.1, 0.15) is 11.4 Å². The highest BCUT2D eigenvalue weighted by Crippen LogP contribution is 2.64. The van der Waals surface area contributed by atoms with Crippen LogP contribution >= 0.6 is 19.7 Å². The van der Waals surface area contributed by atoms with Gasteiger partial charge in [0.2, 0.25) is 0 Å². The Morgan fingerprint density at radius 2 is 1.61 bits per heavy atom. The molecule has 1 aromatic carbocycles. The molecule has 214 valence electrons. The number of carbonyl (C=O) groups excluding carboxylic acids is 2. The number of alkyl halides is 5. The van der Waals surface area contributed by atoms with E-state index in [0.717, 1.165) is 12.1 Å². The van der Waals surface area contributed by atoms with Crippen LogP contribution < -0.4 is 4.74 Å². The predicted molar refractivity (Wildman–Crippen MR) is 133 cm³/mol. The van der Waals surface area contributed by atoms with Gasteiger partial charge in [-0.2, -0.15) is 22.0 Å². The van der Waals surface area contributed by atoms with Crippen molar-refractivity contribution < 1.29 is 54.8 Å². The van der Waals surface area contributed by atoms with Crippen LogP contribution in [-0.2, 0) is 35.2 Å². The number of rotatable bonds is 12. The first-order valence-corrected chi connectivity index (χ1v) is 13.6. The molecule has 0 aliphatic rings. The fourth-order valence-electron chi connectivity index (χ4n) is 3.24. The van der Waals surface area contributed by atoms with Crippen LogP contribution in [0.3, 0.4) is 0 Å². The Kier molecular flexibility index (Phi) is 10.9. The molecule has 0 N–H and O–H groups in total. The number of carbonyl (C=O) groups is 2. The summed E-state index contributed by atoms with van der Waals surface area (Å²) in [5, 5.41) is -0.647. The van der Waals surface area contributed by atoms with E-state index in [2.05, 4.69) is 4.74 Å². The number of esters is 2. The van der Waals surface area contributed by atoms with E-state index in [-0.39, 0.29) is 60.0 Å². The molecule has 0 spiro atoms. The van der Waals surface area contributed by atoms with Crippen LogP contribution in [0.1, 0.15) is 68.3 Å². The molecule has 0 amide bonds. The lowest BCUT2D eigenvalue weighted by Gasteiger charge is -2.25. The predicted octanol–water partition coefficient (Wildman–Crippen LogP) is 7.64. The van der Waals surface area contributed by atoms with Gasteiger partial charge in [-0.1, -0.05) is 0 Å². The van der Waals surface area contributed by atoms with E-state index in [0.29, 0.717) is 0 Å². The Morgan fingerprint density at radius 1 is 1.00 bits per heavy atom. The van der Waals surface area contributed by atoms with Gasteiger partial charge in [0, 0.05) is 11.8 Å². The molecule has 14 heteroatoms. The first kappa shape index (κ1) is 32.1. The zero-order valence-electron chi connectivity index (χ0n) is 21.8. The van der Waals surface area contributed by atoms with Crippen molar-refractivity contribution in [2.75, 3.05) is 26.9 Å². The Balaban J connectivity index is 2.76. The summed E-state index contributed by atoms with van der Waals surface area (Å²) < 4.78 is 99.4. The highest BCUT2D eigenvalue weighted by Gasteiger charge is 2.53. The molecule has 0 saturated carbocycles. The van der Waals surface area contributed by atoms with Crippen molar-refractivity contribution in [3.05, 3.63) is 28.1 Å². The summed E-state index contributed by atoms with van der Waals surface area (Å²) >= 11 is 0.184. The van der Waals surface area contributed by atoms with Crippen LogP contribution in [0.4, 0.5) is 22.0 Å². The van der Waals surface area contributed by atoms with Crippen LogP contribution in [-0.4, -0.2) is 44.5 Å². The molecule has 0 saturated heterocycles. The van der Waals surface area contributed by atoms with Crippen LogP contribution in [0, 0.1) is 0 Å². The zero-order valence-corrected chi connectivity index (χ0v) is 23.5. The van der Waals surface area contributed by atoms with Gasteiger partial charge in [-0.3, -0.25) is 4.79 Å². The fraction of sp³-hybridized carbons (Fsp3) is 0.583. The van der Waals surface area contributed by atoms with Gasteiger partial charge in [-0.05, 0) is 53.2 Å². The summed E-state index contributed by atoms with van der Waals surface area (Å²) in [4.78, 5) is 22.8. The van der Waals surface area contributed by atoms with Gasteiger partial charge >= 0.3 is 23.8 Å². The molecule has 0 fully saturated rings. The standard InChI is InChI=1S/C24H30F5O7PS/c1-7-34-37(35-8-2)24(28,29)20-18(23(25,26)27)15-12-14(21(31)36-22(3,4)5)13-16(19(15)38-20)33-11-9-10-17(30)32-6/h12-13H,7-11H2,1-6H3. The number of halogens is 5. The summed E-state index contributed by atoms with van der Waals surface area (Å²) in [7, 11) is -1.86. The molecule has 0 unspecified atom stereocenters. The number of ether oxygens (including phenoxy) is 3. The number of hydrogen-bond donors (Lipinski definition) is 0. The minimum Gasteiger partial charge on any atom is -0.492 e. The quantitative estimate of drug-likeness (QED) is 0.109. The van der Waals surface area contributed by atoms with Gasteiger partial charge in [0.05, 0.1) is 47.6 Å². The SMILES string of the molecule is CCOP(OCC)C(F)(F)c1sc2c(OCCCC(=O)OC)cc(C(=O)OC(C)(C)C)cc2c1C(F)(F)F. The van der Waals surface area contributed by atoms with Gasteiger partial charge in [-0.15, -0.1) is 11.3 Å². The molecule has 38 heavy (non-hydrogen) atoms. The second kappa shape index (κ2) is 12.8.